The van der Waals surface area contributed by atoms with Gasteiger partial charge in [-0.15, -0.1) is 0 Å². The quantitative estimate of drug-likeness (QED) is 0.128. The molecule has 0 radical (unpaired) electrons. The third-order valence-corrected chi connectivity index (χ3v) is 6.08. The Balaban J connectivity index is 0.000000134. The summed E-state index contributed by atoms with van der Waals surface area (Å²) in [6.07, 6.45) is 15.7. The summed E-state index contributed by atoms with van der Waals surface area (Å²) >= 11 is 10.2. The second-order valence-corrected chi connectivity index (χ2v) is 8.80. The van der Waals surface area contributed by atoms with Gasteiger partial charge in [-0.1, -0.05) is 17.7 Å². The Bertz CT molecular complexity index is 1970. The maximum absolute atomic E-state index is 5.91. The van der Waals surface area contributed by atoms with Crippen LogP contribution in [0.25, 0.3) is 55.4 Å². The largest absolute Gasteiger partial charge is 0.454 e. The fourth-order valence-corrected chi connectivity index (χ4v) is 4.28. The van der Waals surface area contributed by atoms with Crippen LogP contribution in [0.5, 0.6) is 0 Å². The molecule has 194 valence electrons. The van der Waals surface area contributed by atoms with E-state index in [2.05, 4.69) is 51.9 Å². The van der Waals surface area contributed by atoms with Gasteiger partial charge in [-0.2, -0.15) is 0 Å². The maximum Gasteiger partial charge on any atom is 0.153 e. The third-order valence-electron chi connectivity index (χ3n) is 5.84. The van der Waals surface area contributed by atoms with Crippen LogP contribution < -0.4 is 0 Å². The number of rotatable bonds is 1. The van der Waals surface area contributed by atoms with E-state index in [1.54, 1.807) is 37.0 Å². The molecule has 0 fully saturated rings. The Morgan fingerprint density at radius 2 is 1.37 bits per heavy atom. The molecule has 0 unspecified atom stereocenters. The van der Waals surface area contributed by atoms with Crippen molar-refractivity contribution >= 4 is 75.6 Å². The number of aromatic nitrogens is 3. The molecule has 41 heavy (non-hydrogen) atoms. The topological polar surface area (TPSA) is 77.3 Å². The van der Waals surface area contributed by atoms with Crippen molar-refractivity contribution in [1.82, 2.24) is 15.0 Å². The molecule has 1 aliphatic heterocycles. The number of halogens is 2. The summed E-state index contributed by atoms with van der Waals surface area (Å²) in [4.78, 5) is 16.6. The number of aliphatic imine (C=N–C) groups is 1. The van der Waals surface area contributed by atoms with E-state index in [0.717, 1.165) is 55.4 Å². The zero-order valence-electron chi connectivity index (χ0n) is 21.5. The first-order valence-corrected chi connectivity index (χ1v) is 19.7. The van der Waals surface area contributed by atoms with Crippen molar-refractivity contribution in [1.29, 1.82) is 0 Å². The predicted molar refractivity (Wildman–Crippen MR) is 164 cm³/mol. The average molecular weight is 672 g/mol. The van der Waals surface area contributed by atoms with Crippen molar-refractivity contribution in [2.24, 2.45) is 4.99 Å². The van der Waals surface area contributed by atoms with Crippen LogP contribution in [0.15, 0.2) is 123 Å². The summed E-state index contributed by atoms with van der Waals surface area (Å²) in [6, 6.07) is 25.1. The number of furan rings is 2. The molecule has 0 aliphatic carbocycles. The van der Waals surface area contributed by atoms with Crippen LogP contribution in [0.4, 0.5) is 0 Å². The monoisotopic (exact) mass is 669 g/mol. The Morgan fingerprint density at radius 3 is 1.93 bits per heavy atom. The van der Waals surface area contributed by atoms with Crippen LogP contribution in [-0.4, -0.2) is 21.2 Å². The fraction of sp³-hybridized carbons (Fsp3) is 0. The molecule has 6 heterocycles. The summed E-state index contributed by atoms with van der Waals surface area (Å²) in [5, 5.41) is 2.69. The minimum absolute atomic E-state index is 0.700. The van der Waals surface area contributed by atoms with E-state index in [4.69, 9.17) is 20.4 Å². The van der Waals surface area contributed by atoms with Crippen molar-refractivity contribution < 1.29 is 25.2 Å². The summed E-state index contributed by atoms with van der Waals surface area (Å²) < 4.78 is 11.3. The van der Waals surface area contributed by atoms with E-state index in [-0.39, 0.29) is 0 Å². The van der Waals surface area contributed by atoms with E-state index in [0.29, 0.717) is 5.02 Å². The molecule has 7 aromatic rings. The zero-order chi connectivity index (χ0) is 28.4. The molecule has 1 aliphatic rings. The van der Waals surface area contributed by atoms with Gasteiger partial charge in [-0.25, -0.2) is 0 Å². The van der Waals surface area contributed by atoms with Crippen molar-refractivity contribution in [2.45, 2.75) is 0 Å². The summed E-state index contributed by atoms with van der Waals surface area (Å²) in [5.41, 5.74) is 7.08. The van der Waals surface area contributed by atoms with Crippen LogP contribution in [0.3, 0.4) is 0 Å². The summed E-state index contributed by atoms with van der Waals surface area (Å²) in [5.74, 6) is 0. The molecule has 0 spiro atoms. The smallest absolute Gasteiger partial charge is 0.153 e. The minimum atomic E-state index is 0.700. The second kappa shape index (κ2) is 14.0. The molecule has 2 aromatic carbocycles. The Kier molecular flexibility index (Phi) is 9.74. The van der Waals surface area contributed by atoms with Gasteiger partial charge < -0.3 is 13.8 Å². The first-order chi connectivity index (χ1) is 20.3. The van der Waals surface area contributed by atoms with Crippen LogP contribution in [0.1, 0.15) is 0 Å². The first-order valence-electron chi connectivity index (χ1n) is 12.3. The SMILES string of the molecule is Clc1ccc2oc3cccnc3c2c1.[C+]1=[C-]N=CC=C1.[Zn+][Br].c1ccc(-c2ccc3oc4cccnc4c3c2)nc1. The van der Waals surface area contributed by atoms with Crippen molar-refractivity contribution in [3.05, 3.63) is 127 Å². The van der Waals surface area contributed by atoms with Crippen molar-refractivity contribution in [3.63, 3.8) is 0 Å². The number of nitrogens with zero attached hydrogens (tertiary/aromatic N) is 4. The molecule has 0 atom stereocenters. The fourth-order valence-electron chi connectivity index (χ4n) is 4.11. The van der Waals surface area contributed by atoms with E-state index < -0.39 is 0 Å². The van der Waals surface area contributed by atoms with Gasteiger partial charge >= 0.3 is 30.0 Å². The van der Waals surface area contributed by atoms with Gasteiger partial charge in [0, 0.05) is 46.2 Å². The Labute approximate surface area is 257 Å². The first kappa shape index (κ1) is 28.5. The molecule has 0 saturated heterocycles. The number of fused-ring (bicyclic) bond motifs is 6. The summed E-state index contributed by atoms with van der Waals surface area (Å²) in [7, 11) is 0. The van der Waals surface area contributed by atoms with E-state index in [1.165, 1.54) is 16.3 Å². The molecule has 6 nitrogen and oxygen atoms in total. The number of hydrogen-bond acceptors (Lipinski definition) is 6. The zero-order valence-corrected chi connectivity index (χ0v) is 26.8. The molecule has 0 bridgehead atoms. The second-order valence-electron chi connectivity index (χ2n) is 8.36. The maximum atomic E-state index is 5.91. The molecule has 5 aromatic heterocycles. The van der Waals surface area contributed by atoms with E-state index >= 15 is 0 Å². The average Bonchev–Trinajstić information content (AvgIpc) is 3.61. The van der Waals surface area contributed by atoms with E-state index in [1.807, 2.05) is 72.8 Å². The predicted octanol–water partition coefficient (Wildman–Crippen LogP) is 9.27. The number of benzene rings is 2. The Hall–Kier alpha value is -4.06. The van der Waals surface area contributed by atoms with Gasteiger partial charge in [0.25, 0.3) is 0 Å². The number of pyridine rings is 3. The van der Waals surface area contributed by atoms with Crippen LogP contribution in [0, 0.1) is 12.3 Å². The Morgan fingerprint density at radius 1 is 0.707 bits per heavy atom. The number of allylic oxidation sites excluding steroid dienone is 3. The summed E-state index contributed by atoms with van der Waals surface area (Å²) in [6.45, 7) is 0. The van der Waals surface area contributed by atoms with Gasteiger partial charge in [0.15, 0.2) is 11.2 Å². The molecule has 0 amide bonds. The van der Waals surface area contributed by atoms with Crippen LogP contribution in [0.2, 0.25) is 5.02 Å². The van der Waals surface area contributed by atoms with Crippen molar-refractivity contribution in [3.8, 4) is 11.3 Å². The van der Waals surface area contributed by atoms with Crippen LogP contribution in [-0.2, 0) is 16.3 Å². The molecule has 0 N–H and O–H groups in total. The van der Waals surface area contributed by atoms with E-state index in [9.17, 15) is 0 Å². The van der Waals surface area contributed by atoms with Crippen molar-refractivity contribution in [2.75, 3.05) is 0 Å². The standard InChI is InChI=1S/C16H10N2O.C11H6ClNO.C5H3N.BrH.Zn/c1-2-8-17-13(4-1)11-6-7-14-12(10-11)16-15(19-14)5-3-9-18-16;12-7-3-4-9-8(6-7)11-10(14-9)2-1-5-13-11;1-2-4-6-5-3-1;;/h1-10H;1-6H;1-2,4H;1H;/q;;;;+2/p-1. The molecule has 8 rings (SSSR count). The van der Waals surface area contributed by atoms with Gasteiger partial charge in [-0.3, -0.25) is 15.0 Å². The van der Waals surface area contributed by atoms with Gasteiger partial charge in [-0.05, 0) is 84.9 Å². The molecule has 0 saturated carbocycles. The normalized spacial score (nSPS) is 11.3. The van der Waals surface area contributed by atoms with Gasteiger partial charge in [0.1, 0.15) is 22.2 Å². The van der Waals surface area contributed by atoms with Crippen LogP contribution >= 0.6 is 25.2 Å². The minimum Gasteiger partial charge on any atom is -0.454 e. The molecular formula is C32H19BrClN4O2Zn+. The molecular weight excluding hydrogens is 653 g/mol. The molecule has 9 heteroatoms. The van der Waals surface area contributed by atoms with Gasteiger partial charge in [0.05, 0.1) is 18.0 Å². The number of hydrogen-bond donors (Lipinski definition) is 0. The van der Waals surface area contributed by atoms with Gasteiger partial charge in [0.2, 0.25) is 0 Å². The third kappa shape index (κ3) is 6.82.